The lowest BCUT2D eigenvalue weighted by atomic mass is 9.99. The molecule has 1 aromatic heterocycles. The largest absolute Gasteiger partial charge is 1.00 e. The number of ether oxygens (including phenoxy) is 3. The number of fused-ring (bicyclic) bond motifs is 2. The van der Waals surface area contributed by atoms with Gasteiger partial charge < -0.3 is 38.2 Å². The van der Waals surface area contributed by atoms with E-state index in [9.17, 15) is 14.4 Å². The van der Waals surface area contributed by atoms with Crippen LogP contribution in [0, 0.1) is 0 Å². The lowest BCUT2D eigenvalue weighted by Crippen LogP contribution is -3.00. The highest BCUT2D eigenvalue weighted by Crippen LogP contribution is 2.47. The predicted molar refractivity (Wildman–Crippen MR) is 146 cm³/mol. The third kappa shape index (κ3) is 5.29. The lowest BCUT2D eigenvalue weighted by Gasteiger charge is -2.27. The summed E-state index contributed by atoms with van der Waals surface area (Å²) in [5.41, 5.74) is -0.152. The van der Waals surface area contributed by atoms with Gasteiger partial charge in [0.1, 0.15) is 5.60 Å². The minimum atomic E-state index is -0.685. The van der Waals surface area contributed by atoms with Crippen LogP contribution in [0.2, 0.25) is 0 Å². The van der Waals surface area contributed by atoms with Gasteiger partial charge >= 0.3 is 11.9 Å². The number of hydrogen-bond acceptors (Lipinski definition) is 6. The SMILES string of the molecule is CCC1(OC(=O)COC(=O)c2ccc(OC)c(-[s+]3c4ccccc4c(=O)c4ccccc43)c2)CCCC1.[I-]. The van der Waals surface area contributed by atoms with Crippen molar-refractivity contribution in [2.24, 2.45) is 0 Å². The lowest BCUT2D eigenvalue weighted by molar-refractivity contribution is -0.163. The van der Waals surface area contributed by atoms with Crippen molar-refractivity contribution in [1.29, 1.82) is 0 Å². The van der Waals surface area contributed by atoms with Crippen molar-refractivity contribution in [3.63, 3.8) is 0 Å². The Morgan fingerprint density at radius 3 is 2.11 bits per heavy atom. The smallest absolute Gasteiger partial charge is 0.344 e. The molecule has 38 heavy (non-hydrogen) atoms. The molecule has 1 saturated carbocycles. The van der Waals surface area contributed by atoms with Gasteiger partial charge in [-0.2, -0.15) is 0 Å². The average Bonchev–Trinajstić information content (AvgIpc) is 3.40. The zero-order valence-corrected chi connectivity index (χ0v) is 24.3. The molecule has 5 rings (SSSR count). The summed E-state index contributed by atoms with van der Waals surface area (Å²) in [6.07, 6.45) is 4.52. The zero-order chi connectivity index (χ0) is 26.0. The number of hydrogen-bond donors (Lipinski definition) is 0. The van der Waals surface area contributed by atoms with E-state index in [-0.39, 0.29) is 29.4 Å². The van der Waals surface area contributed by atoms with Gasteiger partial charge in [0.25, 0.3) is 0 Å². The summed E-state index contributed by atoms with van der Waals surface area (Å²) in [4.78, 5) is 39.4. The summed E-state index contributed by atoms with van der Waals surface area (Å²) in [7, 11) is 0.894. The Morgan fingerprint density at radius 2 is 1.53 bits per heavy atom. The molecule has 8 heteroatoms. The predicted octanol–water partition coefficient (Wildman–Crippen LogP) is 3.53. The first-order valence-electron chi connectivity index (χ1n) is 12.5. The number of rotatable bonds is 7. The van der Waals surface area contributed by atoms with E-state index in [0.717, 1.165) is 46.4 Å². The topological polar surface area (TPSA) is 78.9 Å². The van der Waals surface area contributed by atoms with Crippen molar-refractivity contribution in [2.45, 2.75) is 44.6 Å². The molecular formula is C30H29IO6S. The highest BCUT2D eigenvalue weighted by Gasteiger charge is 2.36. The number of esters is 2. The van der Waals surface area contributed by atoms with Crippen molar-refractivity contribution in [3.8, 4) is 10.6 Å². The molecule has 6 nitrogen and oxygen atoms in total. The molecule has 1 aliphatic carbocycles. The number of halogens is 1. The highest BCUT2D eigenvalue weighted by molar-refractivity contribution is 7.49. The summed E-state index contributed by atoms with van der Waals surface area (Å²) >= 11 is 0. The first-order valence-corrected chi connectivity index (χ1v) is 13.7. The number of methoxy groups -OCH3 is 1. The highest BCUT2D eigenvalue weighted by atomic mass is 127. The molecule has 1 heterocycles. The molecule has 1 fully saturated rings. The molecular weight excluding hydrogens is 615 g/mol. The van der Waals surface area contributed by atoms with Crippen LogP contribution in [0.25, 0.3) is 25.1 Å². The molecule has 3 aromatic carbocycles. The van der Waals surface area contributed by atoms with Gasteiger partial charge in [-0.25, -0.2) is 9.59 Å². The van der Waals surface area contributed by atoms with E-state index in [1.54, 1.807) is 25.3 Å². The van der Waals surface area contributed by atoms with E-state index in [2.05, 4.69) is 0 Å². The fourth-order valence-corrected chi connectivity index (χ4v) is 7.65. The Hall–Kier alpha value is -2.98. The van der Waals surface area contributed by atoms with Gasteiger partial charge in [0, 0.05) is 16.5 Å². The van der Waals surface area contributed by atoms with E-state index < -0.39 is 34.6 Å². The van der Waals surface area contributed by atoms with Crippen molar-refractivity contribution in [1.82, 2.24) is 0 Å². The van der Waals surface area contributed by atoms with Crippen LogP contribution in [0.3, 0.4) is 0 Å². The fourth-order valence-electron chi connectivity index (χ4n) is 5.15. The van der Waals surface area contributed by atoms with Crippen molar-refractivity contribution >= 4 is 42.6 Å². The second kappa shape index (κ2) is 11.8. The summed E-state index contributed by atoms with van der Waals surface area (Å²) in [5, 5.41) is 1.28. The molecule has 0 radical (unpaired) electrons. The van der Waals surface area contributed by atoms with Gasteiger partial charge in [-0.1, -0.05) is 31.2 Å². The first-order chi connectivity index (χ1) is 18.0. The van der Waals surface area contributed by atoms with Gasteiger partial charge in [0.15, 0.2) is 21.8 Å². The summed E-state index contributed by atoms with van der Waals surface area (Å²) < 4.78 is 18.5. The zero-order valence-electron chi connectivity index (χ0n) is 21.3. The number of carbonyl (C=O) groups is 2. The Morgan fingerprint density at radius 1 is 0.921 bits per heavy atom. The Kier molecular flexibility index (Phi) is 8.72. The maximum atomic E-state index is 13.2. The molecule has 198 valence electrons. The fraction of sp³-hybridized carbons (Fsp3) is 0.300. The van der Waals surface area contributed by atoms with Crippen LogP contribution in [-0.2, 0) is 14.3 Å². The third-order valence-corrected chi connectivity index (χ3v) is 9.48. The van der Waals surface area contributed by atoms with Crippen LogP contribution in [0.15, 0.2) is 71.5 Å². The first kappa shape index (κ1) is 28.0. The van der Waals surface area contributed by atoms with Crippen molar-refractivity contribution in [2.75, 3.05) is 13.7 Å². The molecule has 0 N–H and O–H groups in total. The van der Waals surface area contributed by atoms with Crippen LogP contribution in [0.4, 0.5) is 0 Å². The molecule has 0 atom stereocenters. The monoisotopic (exact) mass is 644 g/mol. The quantitative estimate of drug-likeness (QED) is 0.133. The van der Waals surface area contributed by atoms with Crippen LogP contribution in [0.1, 0.15) is 49.4 Å². The average molecular weight is 645 g/mol. The summed E-state index contributed by atoms with van der Waals surface area (Å²) in [6, 6.07) is 20.2. The maximum Gasteiger partial charge on any atom is 0.344 e. The molecule has 4 aromatic rings. The Bertz CT molecular complexity index is 1490. The third-order valence-electron chi connectivity index (χ3n) is 7.13. The van der Waals surface area contributed by atoms with Crippen molar-refractivity contribution in [3.05, 3.63) is 82.5 Å². The molecule has 0 aliphatic heterocycles. The van der Waals surface area contributed by atoms with Crippen LogP contribution < -0.4 is 34.1 Å². The maximum absolute atomic E-state index is 13.2. The van der Waals surface area contributed by atoms with Crippen LogP contribution >= 0.6 is 10.5 Å². The second-order valence-electron chi connectivity index (χ2n) is 9.29. The summed E-state index contributed by atoms with van der Waals surface area (Å²) in [5.74, 6) is -0.540. The van der Waals surface area contributed by atoms with Gasteiger partial charge in [0.2, 0.25) is 10.3 Å². The van der Waals surface area contributed by atoms with E-state index >= 15 is 0 Å². The second-order valence-corrected chi connectivity index (χ2v) is 11.2. The van der Waals surface area contributed by atoms with E-state index in [4.69, 9.17) is 14.2 Å². The van der Waals surface area contributed by atoms with Crippen LogP contribution in [-0.4, -0.2) is 31.3 Å². The number of benzene rings is 3. The van der Waals surface area contributed by atoms with Gasteiger partial charge in [-0.3, -0.25) is 4.79 Å². The summed E-state index contributed by atoms with van der Waals surface area (Å²) in [6.45, 7) is 1.58. The van der Waals surface area contributed by atoms with Crippen molar-refractivity contribution < 1.29 is 47.8 Å². The van der Waals surface area contributed by atoms with E-state index in [0.29, 0.717) is 22.1 Å². The van der Waals surface area contributed by atoms with Gasteiger partial charge in [-0.05, 0) is 68.5 Å². The van der Waals surface area contributed by atoms with E-state index in [1.807, 2.05) is 55.5 Å². The minimum absolute atomic E-state index is 0. The standard InChI is InChI=1S/C30H29O6S.HI/c1-3-30(16-8-9-17-30)36-27(31)19-35-29(33)20-14-15-23(34-2)26(18-20)37-24-12-6-4-10-21(24)28(32)22-11-5-7-13-25(22)37;/h4-7,10-15,18H,3,8-9,16-17,19H2,1-2H3;1H/q+1;/p-1. The van der Waals surface area contributed by atoms with Crippen LogP contribution in [0.5, 0.6) is 5.75 Å². The van der Waals surface area contributed by atoms with Gasteiger partial charge in [0.05, 0.1) is 23.4 Å². The Labute approximate surface area is 240 Å². The van der Waals surface area contributed by atoms with E-state index in [1.165, 1.54) is 0 Å². The molecule has 0 bridgehead atoms. The Balaban J connectivity index is 0.00000336. The normalized spacial score (nSPS) is 14.2. The molecule has 0 spiro atoms. The molecule has 0 amide bonds. The minimum Gasteiger partial charge on any atom is -1.00 e. The molecule has 0 saturated heterocycles. The van der Waals surface area contributed by atoms with Gasteiger partial charge in [-0.15, -0.1) is 0 Å². The molecule has 0 unspecified atom stereocenters. The number of carbonyl (C=O) groups excluding carboxylic acids is 2. The molecule has 1 aliphatic rings.